The van der Waals surface area contributed by atoms with Gasteiger partial charge in [-0.05, 0) is 16.4 Å². The molecule has 0 radical (unpaired) electrons. The predicted molar refractivity (Wildman–Crippen MR) is 88.5 cm³/mol. The molecule has 0 bridgehead atoms. The van der Waals surface area contributed by atoms with Crippen LogP contribution in [0, 0.1) is 0 Å². The van der Waals surface area contributed by atoms with E-state index in [4.69, 9.17) is 14.7 Å². The molecule has 2 heterocycles. The van der Waals surface area contributed by atoms with Gasteiger partial charge in [0.1, 0.15) is 5.75 Å². The van der Waals surface area contributed by atoms with Gasteiger partial charge in [0.25, 0.3) is 5.78 Å². The Morgan fingerprint density at radius 1 is 1.17 bits per heavy atom. The van der Waals surface area contributed by atoms with E-state index in [1.54, 1.807) is 30.3 Å². The summed E-state index contributed by atoms with van der Waals surface area (Å²) >= 11 is 0. The van der Waals surface area contributed by atoms with Crippen molar-refractivity contribution in [3.8, 4) is 0 Å². The maximum Gasteiger partial charge on any atom is 0.313 e. The number of rotatable bonds is 5. The summed E-state index contributed by atoms with van der Waals surface area (Å²) in [6.45, 7) is 0. The van der Waals surface area contributed by atoms with Crippen LogP contribution in [0.15, 0.2) is 64.9 Å². The summed E-state index contributed by atoms with van der Waals surface area (Å²) in [6, 6.07) is 8.54. The number of Topliss-reactive ketones (excluding diaryl/α,β-unsaturated/α-hetero) is 1. The summed E-state index contributed by atoms with van der Waals surface area (Å²) in [5.74, 6) is -1.60. The van der Waals surface area contributed by atoms with Gasteiger partial charge in [0, 0.05) is 0 Å². The van der Waals surface area contributed by atoms with Crippen molar-refractivity contribution in [3.05, 3.63) is 70.5 Å². The molecule has 3 rings (SSSR count). The average molecular weight is 353 g/mol. The number of hydrogen-bond acceptors (Lipinski definition) is 6. The summed E-state index contributed by atoms with van der Waals surface area (Å²) in [7, 11) is -4.96. The van der Waals surface area contributed by atoms with Gasteiger partial charge in [-0.1, -0.05) is 42.5 Å². The van der Waals surface area contributed by atoms with Crippen molar-refractivity contribution in [1.82, 2.24) is 0 Å². The second-order valence-electron chi connectivity index (χ2n) is 4.93. The molecule has 1 aromatic rings. The third kappa shape index (κ3) is 3.43. The summed E-state index contributed by atoms with van der Waals surface area (Å²) in [5, 5.41) is 3.68. The van der Waals surface area contributed by atoms with Gasteiger partial charge in [-0.3, -0.25) is 4.79 Å². The standard InChI is InChI=1S/C15H15NO5S2/c16-14-13(12(17)15(20-14)22-8-4-5-9-22)21-23(18,19)10-11-6-2-1-3-7-11/h1-9,15,22H,10,16H2. The molecule has 0 saturated carbocycles. The molecule has 0 amide bonds. The molecule has 2 aliphatic heterocycles. The lowest BCUT2D eigenvalue weighted by molar-refractivity contribution is -0.119. The van der Waals surface area contributed by atoms with Crippen molar-refractivity contribution in [2.45, 2.75) is 11.2 Å². The van der Waals surface area contributed by atoms with Gasteiger partial charge in [-0.2, -0.15) is 19.3 Å². The van der Waals surface area contributed by atoms with Crippen molar-refractivity contribution >= 4 is 26.8 Å². The zero-order valence-electron chi connectivity index (χ0n) is 12.0. The minimum Gasteiger partial charge on any atom is -0.455 e. The van der Waals surface area contributed by atoms with E-state index in [-0.39, 0.29) is 11.6 Å². The first kappa shape index (κ1) is 15.7. The van der Waals surface area contributed by atoms with E-state index in [1.165, 1.54) is 0 Å². The van der Waals surface area contributed by atoms with Gasteiger partial charge < -0.3 is 14.7 Å². The lowest BCUT2D eigenvalue weighted by Gasteiger charge is -2.17. The van der Waals surface area contributed by atoms with Crippen LogP contribution in [0.3, 0.4) is 0 Å². The number of ketones is 1. The number of allylic oxidation sites excluding steroid dienone is 2. The van der Waals surface area contributed by atoms with E-state index >= 15 is 0 Å². The Morgan fingerprint density at radius 3 is 2.48 bits per heavy atom. The fourth-order valence-corrected chi connectivity index (χ4v) is 4.89. The topological polar surface area (TPSA) is 95.7 Å². The van der Waals surface area contributed by atoms with E-state index in [2.05, 4.69) is 0 Å². The van der Waals surface area contributed by atoms with E-state index in [0.29, 0.717) is 5.56 Å². The van der Waals surface area contributed by atoms with E-state index in [1.807, 2.05) is 23.0 Å². The summed E-state index contributed by atoms with van der Waals surface area (Å²) in [5.41, 5.74) is 5.38. The van der Waals surface area contributed by atoms with Crippen LogP contribution < -0.4 is 5.73 Å². The minimum absolute atomic E-state index is 0.284. The smallest absolute Gasteiger partial charge is 0.313 e. The molecule has 2 N–H and O–H groups in total. The molecule has 8 heteroatoms. The highest BCUT2D eigenvalue weighted by Gasteiger charge is 2.40. The van der Waals surface area contributed by atoms with Crippen molar-refractivity contribution in [2.24, 2.45) is 5.73 Å². The van der Waals surface area contributed by atoms with E-state index in [0.717, 1.165) is 0 Å². The van der Waals surface area contributed by atoms with Gasteiger partial charge in [0.05, 0.1) is 0 Å². The molecule has 1 aromatic carbocycles. The Hall–Kier alpha value is -2.19. The normalized spacial score (nSPS) is 21.8. The molecule has 0 spiro atoms. The molecule has 1 atom stereocenters. The van der Waals surface area contributed by atoms with Gasteiger partial charge >= 0.3 is 10.1 Å². The molecule has 122 valence electrons. The Bertz CT molecular complexity index is 800. The molecular weight excluding hydrogens is 338 g/mol. The molecule has 1 unspecified atom stereocenters. The van der Waals surface area contributed by atoms with Gasteiger partial charge in [0.15, 0.2) is 0 Å². The number of carbonyl (C=O) groups is 1. The van der Waals surface area contributed by atoms with Crippen LogP contribution in [-0.2, 0) is 29.6 Å². The van der Waals surface area contributed by atoms with Crippen LogP contribution >= 0.6 is 10.9 Å². The highest BCUT2D eigenvalue weighted by Crippen LogP contribution is 2.43. The first-order valence-corrected chi connectivity index (χ1v) is 9.88. The summed E-state index contributed by atoms with van der Waals surface area (Å²) in [4.78, 5) is 12.3. The Kier molecular flexibility index (Phi) is 4.18. The zero-order chi connectivity index (χ0) is 16.4. The zero-order valence-corrected chi connectivity index (χ0v) is 13.7. The quantitative estimate of drug-likeness (QED) is 0.617. The minimum atomic E-state index is -4.00. The largest absolute Gasteiger partial charge is 0.455 e. The third-order valence-corrected chi connectivity index (χ3v) is 6.23. The maximum absolute atomic E-state index is 12.3. The summed E-state index contributed by atoms with van der Waals surface area (Å²) < 4.78 is 34.5. The van der Waals surface area contributed by atoms with Gasteiger partial charge in [-0.15, -0.1) is 0 Å². The van der Waals surface area contributed by atoms with Crippen LogP contribution in [0.2, 0.25) is 0 Å². The van der Waals surface area contributed by atoms with Crippen LogP contribution in [0.5, 0.6) is 0 Å². The Morgan fingerprint density at radius 2 is 1.83 bits per heavy atom. The first-order valence-electron chi connectivity index (χ1n) is 6.75. The van der Waals surface area contributed by atoms with Crippen LogP contribution in [0.1, 0.15) is 5.56 Å². The first-order chi connectivity index (χ1) is 11.0. The van der Waals surface area contributed by atoms with E-state index in [9.17, 15) is 13.2 Å². The number of hydrogen-bond donors (Lipinski definition) is 2. The van der Waals surface area contributed by atoms with E-state index < -0.39 is 38.0 Å². The number of thiol groups is 1. The second kappa shape index (κ2) is 6.13. The highest BCUT2D eigenvalue weighted by atomic mass is 32.2. The monoisotopic (exact) mass is 353 g/mol. The molecule has 0 saturated heterocycles. The average Bonchev–Trinajstić information content (AvgIpc) is 3.11. The van der Waals surface area contributed by atoms with Crippen LogP contribution in [0.4, 0.5) is 0 Å². The fourth-order valence-electron chi connectivity index (χ4n) is 2.18. The summed E-state index contributed by atoms with van der Waals surface area (Å²) in [6.07, 6.45) is 3.62. The third-order valence-electron chi connectivity index (χ3n) is 3.21. The molecule has 23 heavy (non-hydrogen) atoms. The highest BCUT2D eigenvalue weighted by molar-refractivity contribution is 8.23. The molecular formula is C15H15NO5S2. The fraction of sp³-hybridized carbons (Fsp3) is 0.133. The lowest BCUT2D eigenvalue weighted by atomic mass is 10.2. The Labute approximate surface area is 136 Å². The van der Waals surface area contributed by atoms with Crippen molar-refractivity contribution in [2.75, 3.05) is 0 Å². The number of ether oxygens (including phenoxy) is 1. The SMILES string of the molecule is NC1=C(OS(=O)(=O)Cc2ccccc2)C(=O)C([SH]2C=CC=C2)O1. The van der Waals surface area contributed by atoms with Crippen molar-refractivity contribution < 1.29 is 22.1 Å². The molecule has 0 aliphatic carbocycles. The molecule has 0 aromatic heterocycles. The molecule has 0 fully saturated rings. The molecule has 2 aliphatic rings. The second-order valence-corrected chi connectivity index (χ2v) is 8.46. The van der Waals surface area contributed by atoms with Crippen LogP contribution in [0.25, 0.3) is 0 Å². The maximum atomic E-state index is 12.3. The number of benzene rings is 1. The number of nitrogens with two attached hydrogens (primary N) is 1. The Balaban J connectivity index is 1.74. The van der Waals surface area contributed by atoms with Crippen LogP contribution in [-0.4, -0.2) is 19.6 Å². The molecule has 6 nitrogen and oxygen atoms in total. The lowest BCUT2D eigenvalue weighted by Crippen LogP contribution is -2.20. The van der Waals surface area contributed by atoms with Crippen molar-refractivity contribution in [1.29, 1.82) is 0 Å². The van der Waals surface area contributed by atoms with Gasteiger partial charge in [-0.25, -0.2) is 0 Å². The van der Waals surface area contributed by atoms with Gasteiger partial charge in [0.2, 0.25) is 17.1 Å². The van der Waals surface area contributed by atoms with Crippen molar-refractivity contribution in [3.63, 3.8) is 0 Å². The predicted octanol–water partition coefficient (Wildman–Crippen LogP) is 1.63. The number of carbonyl (C=O) groups excluding carboxylic acids is 1.